The van der Waals surface area contributed by atoms with Crippen LogP contribution in [0.4, 0.5) is 0 Å². The van der Waals surface area contributed by atoms with Crippen molar-refractivity contribution in [3.05, 3.63) is 0 Å². The van der Waals surface area contributed by atoms with Crippen molar-refractivity contribution in [3.8, 4) is 0 Å². The third-order valence-electron chi connectivity index (χ3n) is 0.986. The van der Waals surface area contributed by atoms with E-state index in [0.29, 0.717) is 13.2 Å². The van der Waals surface area contributed by atoms with Crippen molar-refractivity contribution in [2.24, 2.45) is 0 Å². The Kier molecular flexibility index (Phi) is 4.65. The highest BCUT2D eigenvalue weighted by molar-refractivity contribution is 4.38. The van der Waals surface area contributed by atoms with E-state index < -0.39 is 6.56 Å². The average molecular weight is 148 g/mol. The van der Waals surface area contributed by atoms with Gasteiger partial charge in [-0.25, -0.2) is 0 Å². The van der Waals surface area contributed by atoms with Crippen LogP contribution >= 0.6 is 0 Å². The van der Waals surface area contributed by atoms with Crippen LogP contribution in [-0.2, 0) is 9.47 Å². The Morgan fingerprint density at radius 2 is 2.10 bits per heavy atom. The first kappa shape index (κ1) is 6.62. The summed E-state index contributed by atoms with van der Waals surface area (Å²) >= 11 is 0. The lowest BCUT2D eigenvalue weighted by Gasteiger charge is -2.06. The molecule has 0 aliphatic carbocycles. The largest absolute Gasteiger partial charge is 0.382 e. The fraction of sp³-hybridized carbons (Fsp3) is 1.00. The van der Waals surface area contributed by atoms with Crippen LogP contribution in [0.3, 0.4) is 0 Å². The molecule has 2 nitrogen and oxygen atoms in total. The van der Waals surface area contributed by atoms with Gasteiger partial charge in [-0.3, -0.25) is 0 Å². The summed E-state index contributed by atoms with van der Waals surface area (Å²) < 4.78 is 24.2. The molecule has 0 aliphatic heterocycles. The Hall–Kier alpha value is -0.0800. The van der Waals surface area contributed by atoms with E-state index in [1.165, 1.54) is 6.92 Å². The monoisotopic (exact) mass is 148 g/mol. The van der Waals surface area contributed by atoms with Gasteiger partial charge in [0.05, 0.1) is 8.85 Å². The summed E-state index contributed by atoms with van der Waals surface area (Å²) in [7, 11) is 0. The molecule has 0 radical (unpaired) electrons. The maximum absolute atomic E-state index is 7.06. The lowest BCUT2D eigenvalue weighted by Crippen LogP contribution is -2.06. The van der Waals surface area contributed by atoms with Crippen molar-refractivity contribution in [2.45, 2.75) is 33.3 Å². The molecule has 0 aromatic heterocycles. The Balaban J connectivity index is 3.12. The summed E-state index contributed by atoms with van der Waals surface area (Å²) in [5, 5.41) is 0. The Labute approximate surface area is 66.3 Å². The zero-order valence-corrected chi connectivity index (χ0v) is 7.02. The SMILES string of the molecule is [2H]C([2H])(C)OCCCOC(C)C. The normalized spacial score (nSPS) is 15.2. The molecular formula is C8H18O2. The third kappa shape index (κ3) is 7.92. The van der Waals surface area contributed by atoms with E-state index in [9.17, 15) is 0 Å². The summed E-state index contributed by atoms with van der Waals surface area (Å²) in [4.78, 5) is 0. The van der Waals surface area contributed by atoms with Crippen molar-refractivity contribution in [1.29, 1.82) is 0 Å². The topological polar surface area (TPSA) is 18.5 Å². The van der Waals surface area contributed by atoms with E-state index in [4.69, 9.17) is 12.2 Å². The van der Waals surface area contributed by atoms with Crippen LogP contribution in [0.2, 0.25) is 0 Å². The summed E-state index contributed by atoms with van der Waals surface area (Å²) in [6.45, 7) is 4.87. The quantitative estimate of drug-likeness (QED) is 0.535. The first-order valence-corrected chi connectivity index (χ1v) is 3.67. The highest BCUT2D eigenvalue weighted by atomic mass is 16.5. The van der Waals surface area contributed by atoms with Crippen LogP contribution in [-0.4, -0.2) is 25.9 Å². The Morgan fingerprint density at radius 1 is 1.40 bits per heavy atom. The van der Waals surface area contributed by atoms with E-state index in [-0.39, 0.29) is 6.10 Å². The minimum Gasteiger partial charge on any atom is -0.382 e. The van der Waals surface area contributed by atoms with E-state index >= 15 is 0 Å². The number of hydrogen-bond acceptors (Lipinski definition) is 2. The molecule has 0 spiro atoms. The van der Waals surface area contributed by atoms with Crippen molar-refractivity contribution in [1.82, 2.24) is 0 Å². The highest BCUT2D eigenvalue weighted by Gasteiger charge is 1.91. The molecule has 0 aliphatic rings. The van der Waals surface area contributed by atoms with Crippen LogP contribution in [0.25, 0.3) is 0 Å². The molecule has 0 N–H and O–H groups in total. The Bertz CT molecular complexity index is 110. The second-order valence-electron chi connectivity index (χ2n) is 2.33. The number of rotatable bonds is 6. The van der Waals surface area contributed by atoms with Crippen LogP contribution < -0.4 is 0 Å². The number of ether oxygens (including phenoxy) is 2. The molecule has 0 aromatic rings. The molecule has 0 heterocycles. The van der Waals surface area contributed by atoms with Gasteiger partial charge in [-0.2, -0.15) is 0 Å². The van der Waals surface area contributed by atoms with Gasteiger partial charge in [0.2, 0.25) is 0 Å². The molecule has 0 aromatic carbocycles. The molecule has 2 heteroatoms. The smallest absolute Gasteiger partial charge is 0.0564 e. The minimum atomic E-state index is -1.52. The predicted octanol–water partition coefficient (Wildman–Crippen LogP) is 1.84. The first-order chi connectivity index (χ1) is 5.42. The van der Waals surface area contributed by atoms with Crippen LogP contribution in [0.5, 0.6) is 0 Å². The molecule has 0 atom stereocenters. The van der Waals surface area contributed by atoms with Crippen LogP contribution in [0, 0.1) is 0 Å². The molecule has 62 valence electrons. The second kappa shape index (κ2) is 7.03. The third-order valence-corrected chi connectivity index (χ3v) is 0.986. The first-order valence-electron chi connectivity index (χ1n) is 4.67. The zero-order chi connectivity index (χ0) is 9.61. The molecule has 0 saturated carbocycles. The van der Waals surface area contributed by atoms with Gasteiger partial charge in [0.15, 0.2) is 0 Å². The molecule has 0 unspecified atom stereocenters. The van der Waals surface area contributed by atoms with Gasteiger partial charge in [-0.15, -0.1) is 0 Å². The standard InChI is InChI=1S/C8H18O2/c1-4-9-6-5-7-10-8(2)3/h8H,4-7H2,1-3H3/i4D2. The highest BCUT2D eigenvalue weighted by Crippen LogP contribution is 1.90. The van der Waals surface area contributed by atoms with Crippen LogP contribution in [0.15, 0.2) is 0 Å². The molecule has 0 fully saturated rings. The summed E-state index contributed by atoms with van der Waals surface area (Å²) in [6, 6.07) is 0. The van der Waals surface area contributed by atoms with Crippen molar-refractivity contribution >= 4 is 0 Å². The van der Waals surface area contributed by atoms with E-state index in [0.717, 1.165) is 6.42 Å². The lowest BCUT2D eigenvalue weighted by atomic mass is 10.4. The predicted molar refractivity (Wildman–Crippen MR) is 42.2 cm³/mol. The molecule has 0 saturated heterocycles. The molecular weight excluding hydrogens is 128 g/mol. The second-order valence-corrected chi connectivity index (χ2v) is 2.33. The Morgan fingerprint density at radius 3 is 2.60 bits per heavy atom. The summed E-state index contributed by atoms with van der Waals surface area (Å²) in [6.07, 6.45) is 0.981. The van der Waals surface area contributed by atoms with Gasteiger partial charge in [0.1, 0.15) is 0 Å². The lowest BCUT2D eigenvalue weighted by molar-refractivity contribution is 0.0539. The van der Waals surface area contributed by atoms with Gasteiger partial charge in [0, 0.05) is 19.8 Å². The minimum absolute atomic E-state index is 0.239. The van der Waals surface area contributed by atoms with Gasteiger partial charge in [-0.05, 0) is 27.2 Å². The maximum Gasteiger partial charge on any atom is 0.0564 e. The molecule has 0 rings (SSSR count). The zero-order valence-electron chi connectivity index (χ0n) is 9.02. The fourth-order valence-electron chi connectivity index (χ4n) is 0.552. The van der Waals surface area contributed by atoms with Crippen molar-refractivity contribution in [2.75, 3.05) is 19.8 Å². The van der Waals surface area contributed by atoms with E-state index in [1.54, 1.807) is 0 Å². The van der Waals surface area contributed by atoms with Crippen molar-refractivity contribution < 1.29 is 12.2 Å². The average Bonchev–Trinajstić information content (AvgIpc) is 1.83. The van der Waals surface area contributed by atoms with Gasteiger partial charge in [-0.1, -0.05) is 0 Å². The molecule has 0 bridgehead atoms. The summed E-state index contributed by atoms with van der Waals surface area (Å²) in [5.41, 5.74) is 0. The van der Waals surface area contributed by atoms with Crippen molar-refractivity contribution in [3.63, 3.8) is 0 Å². The van der Waals surface area contributed by atoms with Gasteiger partial charge in [0.25, 0.3) is 0 Å². The molecule has 0 amide bonds. The van der Waals surface area contributed by atoms with Gasteiger partial charge >= 0.3 is 0 Å². The maximum atomic E-state index is 7.06. The molecule has 10 heavy (non-hydrogen) atoms. The fourth-order valence-corrected chi connectivity index (χ4v) is 0.552. The van der Waals surface area contributed by atoms with E-state index in [2.05, 4.69) is 0 Å². The van der Waals surface area contributed by atoms with E-state index in [1.807, 2.05) is 13.8 Å². The van der Waals surface area contributed by atoms with Gasteiger partial charge < -0.3 is 9.47 Å². The summed E-state index contributed by atoms with van der Waals surface area (Å²) in [5.74, 6) is 0. The van der Waals surface area contributed by atoms with Crippen LogP contribution in [0.1, 0.15) is 29.9 Å². The number of hydrogen-bond donors (Lipinski definition) is 0.